The molecule has 0 saturated heterocycles. The summed E-state index contributed by atoms with van der Waals surface area (Å²) >= 11 is 1.15. The minimum atomic E-state index is -1.02. The van der Waals surface area contributed by atoms with E-state index in [4.69, 9.17) is 16.2 Å². The second-order valence-electron chi connectivity index (χ2n) is 4.11. The number of nitrogens with two attached hydrogens (primary N) is 2. The third kappa shape index (κ3) is 4.27. The Labute approximate surface area is 120 Å². The van der Waals surface area contributed by atoms with Crippen LogP contribution < -0.4 is 11.5 Å². The predicted octanol–water partition coefficient (Wildman–Crippen LogP) is 0.683. The first-order valence-electron chi connectivity index (χ1n) is 5.88. The molecule has 6 nitrogen and oxygen atoms in total. The fraction of sp³-hybridized carbons (Fsp3) is 0.308. The molecular weight excluding hydrogens is 280 g/mol. The van der Waals surface area contributed by atoms with Crippen molar-refractivity contribution >= 4 is 29.5 Å². The van der Waals surface area contributed by atoms with Crippen molar-refractivity contribution in [2.45, 2.75) is 30.1 Å². The summed E-state index contributed by atoms with van der Waals surface area (Å²) in [6.07, 6.45) is -1.02. The molecule has 0 fully saturated rings. The minimum absolute atomic E-state index is 0.263. The van der Waals surface area contributed by atoms with Gasteiger partial charge in [-0.3, -0.25) is 9.59 Å². The van der Waals surface area contributed by atoms with Gasteiger partial charge in [0, 0.05) is 4.90 Å². The lowest BCUT2D eigenvalue weighted by atomic mass is 10.2. The van der Waals surface area contributed by atoms with Gasteiger partial charge in [0.1, 0.15) is 0 Å². The molecule has 2 amide bonds. The van der Waals surface area contributed by atoms with Crippen LogP contribution in [-0.4, -0.2) is 29.1 Å². The summed E-state index contributed by atoms with van der Waals surface area (Å²) in [5, 5.41) is -0.488. The molecule has 0 aliphatic carbocycles. The summed E-state index contributed by atoms with van der Waals surface area (Å²) in [4.78, 5) is 34.5. The van der Waals surface area contributed by atoms with Gasteiger partial charge >= 0.3 is 5.97 Å². The van der Waals surface area contributed by atoms with Crippen LogP contribution in [0.2, 0.25) is 0 Å². The van der Waals surface area contributed by atoms with Crippen LogP contribution in [0.1, 0.15) is 24.2 Å². The molecular formula is C13H16N2O4S. The number of ether oxygens (including phenoxy) is 1. The molecule has 0 heterocycles. The number of thioether (sulfide) groups is 1. The number of esters is 1. The summed E-state index contributed by atoms with van der Waals surface area (Å²) in [6, 6.07) is 6.61. The van der Waals surface area contributed by atoms with Crippen LogP contribution in [0.3, 0.4) is 0 Å². The Morgan fingerprint density at radius 1 is 1.10 bits per heavy atom. The lowest BCUT2D eigenvalue weighted by Gasteiger charge is -2.13. The summed E-state index contributed by atoms with van der Waals surface area (Å²) in [7, 11) is 0. The Morgan fingerprint density at radius 2 is 1.70 bits per heavy atom. The van der Waals surface area contributed by atoms with Gasteiger partial charge in [-0.15, -0.1) is 11.8 Å². The first kappa shape index (κ1) is 16.0. The van der Waals surface area contributed by atoms with E-state index >= 15 is 0 Å². The van der Waals surface area contributed by atoms with Crippen LogP contribution in [0.15, 0.2) is 29.2 Å². The van der Waals surface area contributed by atoms with Crippen molar-refractivity contribution in [2.75, 3.05) is 0 Å². The monoisotopic (exact) mass is 296 g/mol. The van der Waals surface area contributed by atoms with Crippen molar-refractivity contribution in [1.82, 2.24) is 0 Å². The molecule has 20 heavy (non-hydrogen) atoms. The van der Waals surface area contributed by atoms with E-state index in [0.29, 0.717) is 4.90 Å². The third-order valence-corrected chi connectivity index (χ3v) is 3.69. The van der Waals surface area contributed by atoms with Crippen molar-refractivity contribution in [3.05, 3.63) is 29.8 Å². The van der Waals surface area contributed by atoms with Crippen molar-refractivity contribution in [3.8, 4) is 0 Å². The summed E-state index contributed by atoms with van der Waals surface area (Å²) < 4.78 is 4.94. The predicted molar refractivity (Wildman–Crippen MR) is 75.0 cm³/mol. The summed E-state index contributed by atoms with van der Waals surface area (Å²) in [6.45, 7) is 3.03. The number of primary amides is 2. The molecule has 0 aromatic heterocycles. The van der Waals surface area contributed by atoms with Crippen LogP contribution >= 0.6 is 11.8 Å². The fourth-order valence-electron chi connectivity index (χ4n) is 1.27. The molecule has 1 rings (SSSR count). The highest BCUT2D eigenvalue weighted by atomic mass is 32.2. The quantitative estimate of drug-likeness (QED) is 0.592. The van der Waals surface area contributed by atoms with Crippen LogP contribution in [0, 0.1) is 0 Å². The highest BCUT2D eigenvalue weighted by molar-refractivity contribution is 8.00. The van der Waals surface area contributed by atoms with E-state index < -0.39 is 29.1 Å². The molecule has 0 spiro atoms. The lowest BCUT2D eigenvalue weighted by Crippen LogP contribution is -2.30. The lowest BCUT2D eigenvalue weighted by molar-refractivity contribution is -0.125. The van der Waals surface area contributed by atoms with Crippen LogP contribution in [0.5, 0.6) is 0 Å². The zero-order valence-corrected chi connectivity index (χ0v) is 12.0. The van der Waals surface area contributed by atoms with E-state index in [1.807, 2.05) is 0 Å². The van der Waals surface area contributed by atoms with Crippen molar-refractivity contribution < 1.29 is 19.1 Å². The van der Waals surface area contributed by atoms with Gasteiger partial charge in [0.25, 0.3) is 5.91 Å². The zero-order valence-electron chi connectivity index (χ0n) is 11.2. The van der Waals surface area contributed by atoms with Crippen molar-refractivity contribution in [2.24, 2.45) is 11.5 Å². The molecule has 0 saturated carbocycles. The Hall–Kier alpha value is -2.02. The molecule has 4 N–H and O–H groups in total. The molecule has 0 bridgehead atoms. The van der Waals surface area contributed by atoms with E-state index in [1.54, 1.807) is 31.2 Å². The average molecular weight is 296 g/mol. The number of rotatable bonds is 6. The van der Waals surface area contributed by atoms with Gasteiger partial charge in [-0.25, -0.2) is 4.79 Å². The van der Waals surface area contributed by atoms with E-state index in [1.165, 1.54) is 6.92 Å². The summed E-state index contributed by atoms with van der Waals surface area (Å²) in [5.74, 6) is -1.88. The maximum atomic E-state index is 12.0. The van der Waals surface area contributed by atoms with Crippen molar-refractivity contribution in [3.63, 3.8) is 0 Å². The third-order valence-electron chi connectivity index (χ3n) is 2.50. The topological polar surface area (TPSA) is 112 Å². The van der Waals surface area contributed by atoms with E-state index in [9.17, 15) is 14.4 Å². The Morgan fingerprint density at radius 3 is 2.25 bits per heavy atom. The van der Waals surface area contributed by atoms with Crippen LogP contribution in [0.25, 0.3) is 0 Å². The normalized spacial score (nSPS) is 13.3. The van der Waals surface area contributed by atoms with Gasteiger partial charge in [-0.2, -0.15) is 0 Å². The van der Waals surface area contributed by atoms with Gasteiger partial charge < -0.3 is 16.2 Å². The maximum absolute atomic E-state index is 12.0. The number of benzene rings is 1. The van der Waals surface area contributed by atoms with Crippen molar-refractivity contribution in [1.29, 1.82) is 0 Å². The first-order chi connectivity index (χ1) is 9.32. The van der Waals surface area contributed by atoms with Gasteiger partial charge in [-0.05, 0) is 26.0 Å². The van der Waals surface area contributed by atoms with Gasteiger partial charge in [0.15, 0.2) is 6.10 Å². The SMILES string of the molecule is CC(OC(=O)c1ccccc1SC(C)C(N)=O)C(N)=O. The van der Waals surface area contributed by atoms with Gasteiger partial charge in [0.2, 0.25) is 5.91 Å². The van der Waals surface area contributed by atoms with E-state index in [-0.39, 0.29) is 5.56 Å². The van der Waals surface area contributed by atoms with Crippen LogP contribution in [0.4, 0.5) is 0 Å². The standard InChI is InChI=1S/C13H16N2O4S/c1-7(11(14)16)19-13(18)9-5-3-4-6-10(9)20-8(2)12(15)17/h3-8H,1-2H3,(H2,14,16)(H2,15,17). The molecule has 0 aliphatic rings. The fourth-order valence-corrected chi connectivity index (χ4v) is 2.20. The number of hydrogen-bond donors (Lipinski definition) is 2. The van der Waals surface area contributed by atoms with Gasteiger partial charge in [0.05, 0.1) is 10.8 Å². The second kappa shape index (κ2) is 6.95. The Kier molecular flexibility index (Phi) is 5.57. The molecule has 108 valence electrons. The molecule has 1 aromatic rings. The smallest absolute Gasteiger partial charge is 0.340 e. The number of amides is 2. The van der Waals surface area contributed by atoms with Crippen LogP contribution in [-0.2, 0) is 14.3 Å². The maximum Gasteiger partial charge on any atom is 0.340 e. The number of hydrogen-bond acceptors (Lipinski definition) is 5. The number of carbonyl (C=O) groups excluding carboxylic acids is 3. The summed E-state index contributed by atoms with van der Waals surface area (Å²) in [5.41, 5.74) is 10.5. The van der Waals surface area contributed by atoms with E-state index in [0.717, 1.165) is 11.8 Å². The largest absolute Gasteiger partial charge is 0.449 e. The Bertz CT molecular complexity index is 533. The minimum Gasteiger partial charge on any atom is -0.449 e. The molecule has 1 aromatic carbocycles. The zero-order chi connectivity index (χ0) is 15.3. The number of carbonyl (C=O) groups is 3. The highest BCUT2D eigenvalue weighted by Crippen LogP contribution is 2.27. The Balaban J connectivity index is 2.92. The van der Waals surface area contributed by atoms with E-state index in [2.05, 4.69) is 0 Å². The van der Waals surface area contributed by atoms with Gasteiger partial charge in [-0.1, -0.05) is 12.1 Å². The molecule has 2 unspecified atom stereocenters. The molecule has 7 heteroatoms. The highest BCUT2D eigenvalue weighted by Gasteiger charge is 2.20. The molecule has 0 radical (unpaired) electrons. The second-order valence-corrected chi connectivity index (χ2v) is 5.49. The first-order valence-corrected chi connectivity index (χ1v) is 6.76. The molecule has 0 aliphatic heterocycles. The average Bonchev–Trinajstić information content (AvgIpc) is 2.38. The molecule has 2 atom stereocenters.